The zero-order valence-corrected chi connectivity index (χ0v) is 26.9. The van der Waals surface area contributed by atoms with Gasteiger partial charge in [0, 0.05) is 0 Å². The summed E-state index contributed by atoms with van der Waals surface area (Å²) in [7, 11) is -1.98. The van der Waals surface area contributed by atoms with Crippen LogP contribution in [-0.4, -0.2) is 8.07 Å². The molecule has 0 N–H and O–H groups in total. The van der Waals surface area contributed by atoms with E-state index in [1.165, 1.54) is 50.6 Å². The third-order valence-corrected chi connectivity index (χ3v) is 14.4. The molecular formula is C36H50Si. The summed E-state index contributed by atoms with van der Waals surface area (Å²) in [5, 5.41) is 3.39. The molecule has 1 atom stereocenters. The average Bonchev–Trinajstić information content (AvgIpc) is 3.46. The van der Waals surface area contributed by atoms with E-state index >= 15 is 0 Å². The van der Waals surface area contributed by atoms with E-state index in [1.54, 1.807) is 10.4 Å². The monoisotopic (exact) mass is 510 g/mol. The van der Waals surface area contributed by atoms with Crippen LogP contribution < -0.4 is 10.4 Å². The van der Waals surface area contributed by atoms with Gasteiger partial charge in [-0.25, -0.2) is 0 Å². The van der Waals surface area contributed by atoms with Gasteiger partial charge in [-0.05, 0) is 88.2 Å². The number of benzene rings is 3. The Morgan fingerprint density at radius 1 is 0.514 bits per heavy atom. The molecule has 0 aromatic heterocycles. The van der Waals surface area contributed by atoms with Gasteiger partial charge < -0.3 is 0 Å². The molecule has 3 aromatic carbocycles. The highest BCUT2D eigenvalue weighted by atomic mass is 28.3. The van der Waals surface area contributed by atoms with Crippen molar-refractivity contribution >= 4 is 18.4 Å². The second kappa shape index (κ2) is 8.97. The van der Waals surface area contributed by atoms with Crippen LogP contribution in [0.3, 0.4) is 0 Å². The van der Waals surface area contributed by atoms with Gasteiger partial charge in [0.05, 0.1) is 0 Å². The first-order valence-corrected chi connectivity index (χ1v) is 16.5. The van der Waals surface area contributed by atoms with Crippen LogP contribution in [0.4, 0.5) is 0 Å². The molecule has 1 fully saturated rings. The highest BCUT2D eigenvalue weighted by molar-refractivity contribution is 7.11. The van der Waals surface area contributed by atoms with Gasteiger partial charge in [0.1, 0.15) is 8.07 Å². The van der Waals surface area contributed by atoms with Crippen LogP contribution in [0.2, 0.25) is 6.04 Å². The van der Waals surface area contributed by atoms with Crippen LogP contribution in [0.15, 0.2) is 48.5 Å². The zero-order chi connectivity index (χ0) is 27.7. The summed E-state index contributed by atoms with van der Waals surface area (Å²) in [4.78, 5) is 0. The van der Waals surface area contributed by atoms with E-state index < -0.39 is 8.07 Å². The minimum atomic E-state index is -1.98. The van der Waals surface area contributed by atoms with Gasteiger partial charge in [-0.3, -0.25) is 0 Å². The fourth-order valence-electron chi connectivity index (χ4n) is 6.76. The lowest BCUT2D eigenvalue weighted by Gasteiger charge is -2.30. The van der Waals surface area contributed by atoms with Crippen molar-refractivity contribution in [3.05, 3.63) is 93.0 Å². The number of hydrogen-bond donors (Lipinski definition) is 0. The molecule has 1 saturated heterocycles. The molecule has 1 aliphatic heterocycles. The zero-order valence-electron chi connectivity index (χ0n) is 25.9. The number of aryl methyl sites for hydroxylation is 4. The molecule has 0 amide bonds. The van der Waals surface area contributed by atoms with E-state index in [2.05, 4.69) is 139 Å². The van der Waals surface area contributed by atoms with Crippen LogP contribution in [0.25, 0.3) is 0 Å². The average molecular weight is 511 g/mol. The predicted octanol–water partition coefficient (Wildman–Crippen LogP) is 8.71. The summed E-state index contributed by atoms with van der Waals surface area (Å²) >= 11 is 0. The van der Waals surface area contributed by atoms with Crippen molar-refractivity contribution in [1.82, 2.24) is 0 Å². The Balaban J connectivity index is 1.95. The van der Waals surface area contributed by atoms with E-state index in [1.807, 2.05) is 0 Å². The molecule has 0 nitrogen and oxygen atoms in total. The molecule has 4 rings (SSSR count). The molecule has 0 aliphatic carbocycles. The maximum absolute atomic E-state index is 2.50. The lowest BCUT2D eigenvalue weighted by atomic mass is 9.85. The van der Waals surface area contributed by atoms with E-state index in [0.29, 0.717) is 5.54 Å². The first-order chi connectivity index (χ1) is 16.9. The van der Waals surface area contributed by atoms with Crippen LogP contribution in [0.5, 0.6) is 0 Å². The highest BCUT2D eigenvalue weighted by Crippen LogP contribution is 2.52. The molecular weight excluding hydrogens is 460 g/mol. The van der Waals surface area contributed by atoms with Crippen LogP contribution >= 0.6 is 0 Å². The summed E-state index contributed by atoms with van der Waals surface area (Å²) in [5.41, 5.74) is 13.0. The van der Waals surface area contributed by atoms with E-state index in [4.69, 9.17) is 0 Å². The Bertz CT molecular complexity index is 1200. The Labute approximate surface area is 228 Å². The van der Waals surface area contributed by atoms with Crippen molar-refractivity contribution in [1.29, 1.82) is 0 Å². The number of hydrogen-bond acceptors (Lipinski definition) is 0. The van der Waals surface area contributed by atoms with Crippen LogP contribution in [0, 0.1) is 27.7 Å². The molecule has 0 radical (unpaired) electrons. The number of rotatable bonds is 3. The molecule has 198 valence electrons. The first-order valence-electron chi connectivity index (χ1n) is 14.2. The van der Waals surface area contributed by atoms with Gasteiger partial charge in [0.25, 0.3) is 0 Å². The normalized spacial score (nSPS) is 17.7. The summed E-state index contributed by atoms with van der Waals surface area (Å²) in [6.07, 6.45) is 0. The molecule has 37 heavy (non-hydrogen) atoms. The SMILES string of the molecule is Cc1cc(C(C)(C)C)cc(C)c1[Si]1(c2c(C)cc(C(C)(C)C)cc2C)CC1c1ccc(C(C)(C)C)cc1. The van der Waals surface area contributed by atoms with E-state index in [-0.39, 0.29) is 16.2 Å². The van der Waals surface area contributed by atoms with Crippen molar-refractivity contribution in [2.75, 3.05) is 0 Å². The molecule has 3 aromatic rings. The minimum Gasteiger partial charge on any atom is -0.0587 e. The van der Waals surface area contributed by atoms with Gasteiger partial charge in [-0.2, -0.15) is 0 Å². The molecule has 1 aliphatic rings. The fourth-order valence-corrected chi connectivity index (χ4v) is 13.4. The molecule has 0 saturated carbocycles. The summed E-state index contributed by atoms with van der Waals surface area (Å²) in [5.74, 6) is 0. The Hall–Kier alpha value is -2.12. The standard InChI is InChI=1S/C36H50Si/c1-23-18-29(35(8,9)10)19-24(2)32(23)37(33-25(3)20-30(21-26(33)4)36(11,12)13)22-31(37)27-14-16-28(17-15-27)34(5,6)7/h14-21,31H,22H2,1-13H3. The van der Waals surface area contributed by atoms with Gasteiger partial charge >= 0.3 is 0 Å². The van der Waals surface area contributed by atoms with Gasteiger partial charge in [0.2, 0.25) is 0 Å². The minimum absolute atomic E-state index is 0.161. The maximum atomic E-state index is 2.50. The second-order valence-corrected chi connectivity index (χ2v) is 19.1. The first kappa shape index (κ1) is 27.9. The lowest BCUT2D eigenvalue weighted by molar-refractivity contribution is 0.589. The van der Waals surface area contributed by atoms with Crippen molar-refractivity contribution in [3.63, 3.8) is 0 Å². The Kier molecular flexibility index (Phi) is 6.77. The van der Waals surface area contributed by atoms with Gasteiger partial charge in [0.15, 0.2) is 0 Å². The smallest absolute Gasteiger partial charge is 0.0587 e. The van der Waals surface area contributed by atoms with Crippen LogP contribution in [0.1, 0.15) is 112 Å². The quantitative estimate of drug-likeness (QED) is 0.309. The summed E-state index contributed by atoms with van der Waals surface area (Å²) in [6, 6.07) is 21.0. The van der Waals surface area contributed by atoms with Crippen LogP contribution in [-0.2, 0) is 16.2 Å². The summed E-state index contributed by atoms with van der Waals surface area (Å²) in [6.45, 7) is 30.5. The largest absolute Gasteiger partial charge is 0.126 e. The topological polar surface area (TPSA) is 0 Å². The highest BCUT2D eigenvalue weighted by Gasteiger charge is 2.61. The van der Waals surface area contributed by atoms with Gasteiger partial charge in [-0.1, -0.05) is 133 Å². The van der Waals surface area contributed by atoms with E-state index in [9.17, 15) is 0 Å². The van der Waals surface area contributed by atoms with Crippen molar-refractivity contribution in [2.45, 2.75) is 118 Å². The molecule has 1 heterocycles. The van der Waals surface area contributed by atoms with Crippen molar-refractivity contribution in [2.24, 2.45) is 0 Å². The Morgan fingerprint density at radius 2 is 0.838 bits per heavy atom. The predicted molar refractivity (Wildman–Crippen MR) is 167 cm³/mol. The molecule has 1 unspecified atom stereocenters. The third kappa shape index (κ3) is 5.01. The molecule has 0 spiro atoms. The summed E-state index contributed by atoms with van der Waals surface area (Å²) < 4.78 is 0. The van der Waals surface area contributed by atoms with E-state index in [0.717, 1.165) is 0 Å². The third-order valence-electron chi connectivity index (χ3n) is 8.83. The van der Waals surface area contributed by atoms with Gasteiger partial charge in [-0.15, -0.1) is 0 Å². The molecule has 0 bridgehead atoms. The lowest BCUT2D eigenvalue weighted by Crippen LogP contribution is -2.52. The maximum Gasteiger partial charge on any atom is 0.126 e. The fraction of sp³-hybridized carbons (Fsp3) is 0.500. The second-order valence-electron chi connectivity index (χ2n) is 15.1. The Morgan fingerprint density at radius 3 is 1.14 bits per heavy atom. The molecule has 1 heteroatoms. The van der Waals surface area contributed by atoms with Crippen molar-refractivity contribution in [3.8, 4) is 0 Å². The van der Waals surface area contributed by atoms with Crippen molar-refractivity contribution < 1.29 is 0 Å².